The summed E-state index contributed by atoms with van der Waals surface area (Å²) >= 11 is 0. The molecule has 0 unspecified atom stereocenters. The van der Waals surface area contributed by atoms with Gasteiger partial charge in [-0.3, -0.25) is 4.79 Å². The topological polar surface area (TPSA) is 90.5 Å². The number of nitrogens with zero attached hydrogens (tertiary/aromatic N) is 4. The molecule has 3 aromatic carbocycles. The summed E-state index contributed by atoms with van der Waals surface area (Å²) in [5, 5.41) is 0. The summed E-state index contributed by atoms with van der Waals surface area (Å²) in [6, 6.07) is 26.3. The van der Waals surface area contributed by atoms with Gasteiger partial charge in [-0.15, -0.1) is 0 Å². The Morgan fingerprint density at radius 1 is 0.896 bits per heavy atom. The Kier molecular flexibility index (Phi) is 12.7. The van der Waals surface area contributed by atoms with Crippen LogP contribution in [0.15, 0.2) is 89.8 Å². The lowest BCUT2D eigenvalue weighted by Gasteiger charge is -2.38. The molecule has 258 valence electrons. The molecule has 0 saturated carbocycles. The van der Waals surface area contributed by atoms with E-state index in [4.69, 9.17) is 4.74 Å². The van der Waals surface area contributed by atoms with Crippen LogP contribution in [-0.4, -0.2) is 98.3 Å². The molecule has 9 nitrogen and oxygen atoms in total. The van der Waals surface area contributed by atoms with Crippen LogP contribution in [0.3, 0.4) is 0 Å². The molecule has 10 heteroatoms. The van der Waals surface area contributed by atoms with Crippen LogP contribution in [0.25, 0.3) is 0 Å². The largest absolute Gasteiger partial charge is 0.445 e. The van der Waals surface area contributed by atoms with Crippen molar-refractivity contribution < 1.29 is 22.7 Å². The minimum absolute atomic E-state index is 0.0411. The maximum absolute atomic E-state index is 13.3. The van der Waals surface area contributed by atoms with Crippen molar-refractivity contribution >= 4 is 22.0 Å². The standard InChI is InChI=1S/C38H50N4O5S/c1-3-22-42(38(44)47-30-31-13-12-16-33(28-31)37(43)41-23-10-11-24-41)35-20-26-40(27-21-35)25-19-34(32-14-6-4-7-15-32)29-39(2)48(45,46)36-17-8-5-9-18-36/h4-9,12-18,28,34-35H,3,10-11,19-27,29-30H2,1-2H3/t34-/m1/s1. The number of amides is 2. The summed E-state index contributed by atoms with van der Waals surface area (Å²) in [4.78, 5) is 32.7. The van der Waals surface area contributed by atoms with Crippen LogP contribution in [0.2, 0.25) is 0 Å². The van der Waals surface area contributed by atoms with E-state index in [1.165, 1.54) is 4.31 Å². The molecule has 5 rings (SSSR count). The zero-order chi connectivity index (χ0) is 33.9. The molecule has 2 fully saturated rings. The molecule has 2 aliphatic rings. The molecule has 2 saturated heterocycles. The number of carbonyl (C=O) groups excluding carboxylic acids is 2. The molecule has 1 atom stereocenters. The van der Waals surface area contributed by atoms with Crippen molar-refractivity contribution in [2.75, 3.05) is 52.9 Å². The van der Waals surface area contributed by atoms with E-state index in [9.17, 15) is 18.0 Å². The fraction of sp³-hybridized carbons (Fsp3) is 0.474. The smallest absolute Gasteiger partial charge is 0.410 e. The van der Waals surface area contributed by atoms with Gasteiger partial charge in [-0.05, 0) is 86.4 Å². The number of piperidine rings is 1. The minimum Gasteiger partial charge on any atom is -0.445 e. The number of sulfonamides is 1. The molecule has 0 bridgehead atoms. The molecule has 48 heavy (non-hydrogen) atoms. The third kappa shape index (κ3) is 9.24. The molecule has 0 radical (unpaired) electrons. The fourth-order valence-electron chi connectivity index (χ4n) is 6.85. The summed E-state index contributed by atoms with van der Waals surface area (Å²) in [7, 11) is -1.93. The molecule has 2 heterocycles. The summed E-state index contributed by atoms with van der Waals surface area (Å²) in [6.45, 7) is 7.39. The van der Waals surface area contributed by atoms with Crippen LogP contribution in [0.5, 0.6) is 0 Å². The van der Waals surface area contributed by atoms with Crippen molar-refractivity contribution in [2.24, 2.45) is 0 Å². The first-order chi connectivity index (χ1) is 23.3. The zero-order valence-electron chi connectivity index (χ0n) is 28.4. The number of benzene rings is 3. The zero-order valence-corrected chi connectivity index (χ0v) is 29.2. The molecular weight excluding hydrogens is 625 g/mol. The van der Waals surface area contributed by atoms with Gasteiger partial charge in [-0.2, -0.15) is 0 Å². The van der Waals surface area contributed by atoms with Gasteiger partial charge in [-0.25, -0.2) is 17.5 Å². The predicted molar refractivity (Wildman–Crippen MR) is 188 cm³/mol. The van der Waals surface area contributed by atoms with Gasteiger partial charge >= 0.3 is 6.09 Å². The van der Waals surface area contributed by atoms with E-state index in [0.717, 1.165) is 82.4 Å². The SMILES string of the molecule is CCCN(C(=O)OCc1cccc(C(=O)N2CCCC2)c1)C1CCN(CC[C@H](CN(C)S(=O)(=O)c2ccccc2)c2ccccc2)CC1. The Bertz CT molecular complexity index is 1570. The van der Waals surface area contributed by atoms with E-state index in [1.54, 1.807) is 31.3 Å². The highest BCUT2D eigenvalue weighted by Gasteiger charge is 2.30. The third-order valence-electron chi connectivity index (χ3n) is 9.62. The molecule has 0 aromatic heterocycles. The number of likely N-dealkylation sites (N-methyl/N-ethyl adjacent to an activating group) is 1. The molecule has 2 amide bonds. The Hall–Kier alpha value is -3.73. The van der Waals surface area contributed by atoms with Crippen LogP contribution in [0.4, 0.5) is 4.79 Å². The van der Waals surface area contributed by atoms with Gasteiger partial charge in [0.15, 0.2) is 0 Å². The number of likely N-dealkylation sites (tertiary alicyclic amines) is 2. The Labute approximate surface area is 286 Å². The van der Waals surface area contributed by atoms with Crippen molar-refractivity contribution in [1.82, 2.24) is 19.0 Å². The third-order valence-corrected chi connectivity index (χ3v) is 11.5. The highest BCUT2D eigenvalue weighted by Crippen LogP contribution is 2.26. The van der Waals surface area contributed by atoms with E-state index in [1.807, 2.05) is 58.3 Å². The number of hydrogen-bond donors (Lipinski definition) is 0. The van der Waals surface area contributed by atoms with Crippen molar-refractivity contribution in [3.8, 4) is 0 Å². The monoisotopic (exact) mass is 674 g/mol. The van der Waals surface area contributed by atoms with Crippen LogP contribution in [0, 0.1) is 0 Å². The quantitative estimate of drug-likeness (QED) is 0.202. The van der Waals surface area contributed by atoms with Crippen LogP contribution in [-0.2, 0) is 21.4 Å². The average molecular weight is 675 g/mol. The van der Waals surface area contributed by atoms with E-state index >= 15 is 0 Å². The van der Waals surface area contributed by atoms with Gasteiger partial charge in [-0.1, -0.05) is 67.6 Å². The number of hydrogen-bond acceptors (Lipinski definition) is 6. The second-order valence-electron chi connectivity index (χ2n) is 13.0. The van der Waals surface area contributed by atoms with E-state index in [-0.39, 0.29) is 30.6 Å². The van der Waals surface area contributed by atoms with Gasteiger partial charge in [0.1, 0.15) is 6.61 Å². The van der Waals surface area contributed by atoms with Gasteiger partial charge in [0, 0.05) is 57.9 Å². The van der Waals surface area contributed by atoms with E-state index in [2.05, 4.69) is 24.0 Å². The molecule has 2 aliphatic heterocycles. The van der Waals surface area contributed by atoms with Gasteiger partial charge in [0.2, 0.25) is 10.0 Å². The van der Waals surface area contributed by atoms with Crippen molar-refractivity contribution in [1.29, 1.82) is 0 Å². The summed E-state index contributed by atoms with van der Waals surface area (Å²) < 4.78 is 33.9. The first kappa shape index (κ1) is 35.6. The lowest BCUT2D eigenvalue weighted by Crippen LogP contribution is -2.48. The lowest BCUT2D eigenvalue weighted by atomic mass is 9.94. The Morgan fingerprint density at radius 3 is 2.23 bits per heavy atom. The predicted octanol–water partition coefficient (Wildman–Crippen LogP) is 6.23. The van der Waals surface area contributed by atoms with Crippen molar-refractivity contribution in [3.05, 3.63) is 102 Å². The minimum atomic E-state index is -3.59. The van der Waals surface area contributed by atoms with E-state index in [0.29, 0.717) is 23.5 Å². The van der Waals surface area contributed by atoms with Crippen LogP contribution >= 0.6 is 0 Å². The lowest BCUT2D eigenvalue weighted by molar-refractivity contribution is 0.0601. The summed E-state index contributed by atoms with van der Waals surface area (Å²) in [5.74, 6) is 0.0856. The Morgan fingerprint density at radius 2 is 1.56 bits per heavy atom. The van der Waals surface area contributed by atoms with Crippen molar-refractivity contribution in [3.63, 3.8) is 0 Å². The number of rotatable bonds is 14. The second-order valence-corrected chi connectivity index (χ2v) is 15.1. The molecule has 0 spiro atoms. The van der Waals surface area contributed by atoms with Gasteiger partial charge in [0.05, 0.1) is 4.90 Å². The van der Waals surface area contributed by atoms with Gasteiger partial charge < -0.3 is 19.4 Å². The van der Waals surface area contributed by atoms with Crippen molar-refractivity contribution in [2.45, 2.75) is 68.9 Å². The maximum atomic E-state index is 13.3. The first-order valence-electron chi connectivity index (χ1n) is 17.4. The first-order valence-corrected chi connectivity index (χ1v) is 18.8. The van der Waals surface area contributed by atoms with Gasteiger partial charge in [0.25, 0.3) is 5.91 Å². The molecule has 0 aliphatic carbocycles. The fourth-order valence-corrected chi connectivity index (χ4v) is 8.09. The summed E-state index contributed by atoms with van der Waals surface area (Å²) in [5.41, 5.74) is 2.59. The molecule has 3 aromatic rings. The second kappa shape index (κ2) is 17.1. The Balaban J connectivity index is 1.14. The highest BCUT2D eigenvalue weighted by atomic mass is 32.2. The van der Waals surface area contributed by atoms with Crippen LogP contribution in [0.1, 0.15) is 72.9 Å². The van der Waals surface area contributed by atoms with Crippen LogP contribution < -0.4 is 0 Å². The number of ether oxygens (including phenoxy) is 1. The molecule has 0 N–H and O–H groups in total. The highest BCUT2D eigenvalue weighted by molar-refractivity contribution is 7.89. The number of carbonyl (C=O) groups is 2. The van der Waals surface area contributed by atoms with E-state index < -0.39 is 10.0 Å². The summed E-state index contributed by atoms with van der Waals surface area (Å²) in [6.07, 6.45) is 5.15. The normalized spacial score (nSPS) is 16.6. The average Bonchev–Trinajstić information content (AvgIpc) is 3.67. The maximum Gasteiger partial charge on any atom is 0.410 e. The molecular formula is C38H50N4O5S.